The van der Waals surface area contributed by atoms with E-state index >= 15 is 13.7 Å². The molecule has 5 rings (SSSR count). The predicted octanol–water partition coefficient (Wildman–Crippen LogP) is 19.4. The summed E-state index contributed by atoms with van der Waals surface area (Å²) in [6, 6.07) is 35.5. The summed E-state index contributed by atoms with van der Waals surface area (Å²) in [4.78, 5) is 27.2. The van der Waals surface area contributed by atoms with E-state index in [1.807, 2.05) is 12.1 Å². The van der Waals surface area contributed by atoms with Crippen LogP contribution in [0.2, 0.25) is 0 Å². The summed E-state index contributed by atoms with van der Waals surface area (Å²) in [6.07, 6.45) is 17.8. The molecule has 4 aromatic rings. The van der Waals surface area contributed by atoms with Crippen molar-refractivity contribution in [2.24, 2.45) is 0 Å². The van der Waals surface area contributed by atoms with Crippen LogP contribution in [0.25, 0.3) is 0 Å². The zero-order valence-corrected chi connectivity index (χ0v) is 63.8. The Balaban J connectivity index is 1.48. The fourth-order valence-electron chi connectivity index (χ4n) is 11.5. The number of phosphoric ester groups is 3. The number of unbranched alkanes of at least 4 members (excludes halogenated alkanes) is 24. The smallest absolute Gasteiger partial charge is 0.462 e. The van der Waals surface area contributed by atoms with Crippen molar-refractivity contribution in [3.05, 3.63) is 144 Å². The second kappa shape index (κ2) is 53.6. The van der Waals surface area contributed by atoms with E-state index in [2.05, 4.69) is 13.8 Å². The van der Waals surface area contributed by atoms with E-state index in [1.165, 1.54) is 124 Å². The van der Waals surface area contributed by atoms with Gasteiger partial charge in [-0.1, -0.05) is 289 Å². The fraction of sp³-hybridized carbons (Fsp3) is 0.658. The van der Waals surface area contributed by atoms with Gasteiger partial charge in [-0.3, -0.25) is 50.3 Å². The number of phosphoric acid groups is 3. The average molecular weight is 1480 g/mol. The van der Waals surface area contributed by atoms with Gasteiger partial charge in [0, 0.05) is 41.3 Å². The van der Waals surface area contributed by atoms with E-state index in [0.29, 0.717) is 35.1 Å². The van der Waals surface area contributed by atoms with E-state index in [-0.39, 0.29) is 39.3 Å². The molecule has 25 heteroatoms. The number of esters is 2. The maximum Gasteiger partial charge on any atom is 0.475 e. The number of hydrogen-bond donors (Lipinski definition) is 0. The quantitative estimate of drug-likeness (QED) is 0.0173. The molecule has 1 saturated carbocycles. The predicted molar refractivity (Wildman–Crippen MR) is 387 cm³/mol. The Labute approximate surface area is 602 Å². The van der Waals surface area contributed by atoms with Gasteiger partial charge in [-0.2, -0.15) is 0 Å². The van der Waals surface area contributed by atoms with E-state index in [4.69, 9.17) is 78.6 Å². The van der Waals surface area contributed by atoms with Gasteiger partial charge < -0.3 is 37.9 Å². The number of carbonyl (C=O) groups is 2. The van der Waals surface area contributed by atoms with Crippen LogP contribution in [-0.4, -0.2) is 117 Å². The summed E-state index contributed by atoms with van der Waals surface area (Å²) in [5.74, 6) is -1.08. The highest BCUT2D eigenvalue weighted by atomic mass is 31.2. The lowest BCUT2D eigenvalue weighted by Gasteiger charge is -2.49. The fourth-order valence-corrected chi connectivity index (χ4v) is 15.4. The summed E-state index contributed by atoms with van der Waals surface area (Å²) in [7, 11) is -9.86. The van der Waals surface area contributed by atoms with E-state index in [9.17, 15) is 9.59 Å². The lowest BCUT2D eigenvalue weighted by Crippen LogP contribution is -2.67. The van der Waals surface area contributed by atoms with Crippen molar-refractivity contribution in [1.82, 2.24) is 0 Å². The van der Waals surface area contributed by atoms with Gasteiger partial charge in [0.1, 0.15) is 63.6 Å². The first-order valence-electron chi connectivity index (χ1n) is 36.7. The van der Waals surface area contributed by atoms with Crippen molar-refractivity contribution in [3.8, 4) is 0 Å². The molecule has 4 aromatic carbocycles. The lowest BCUT2D eigenvalue weighted by atomic mass is 9.84. The van der Waals surface area contributed by atoms with Gasteiger partial charge in [-0.05, 0) is 35.1 Å². The molecule has 0 amide bonds. The van der Waals surface area contributed by atoms with Crippen LogP contribution < -0.4 is 0 Å². The van der Waals surface area contributed by atoms with Gasteiger partial charge in [0.15, 0.2) is 6.10 Å². The van der Waals surface area contributed by atoms with Crippen LogP contribution in [0.5, 0.6) is 0 Å². The van der Waals surface area contributed by atoms with Crippen LogP contribution in [0, 0.1) is 0 Å². The van der Waals surface area contributed by atoms with E-state index in [0.717, 1.165) is 58.5 Å². The summed E-state index contributed by atoms with van der Waals surface area (Å²) >= 11 is 0. The monoisotopic (exact) mass is 1480 g/mol. The molecule has 0 aromatic heterocycles. The molecular formula is C76H119O22P3. The van der Waals surface area contributed by atoms with Crippen molar-refractivity contribution in [2.45, 2.75) is 263 Å². The van der Waals surface area contributed by atoms with Gasteiger partial charge in [-0.25, -0.2) is 13.7 Å². The van der Waals surface area contributed by atoms with Crippen molar-refractivity contribution in [2.75, 3.05) is 62.0 Å². The standard InChI is InChI=1S/C76H119O22P3/c1-7-9-11-13-15-17-19-21-23-25-27-29-43-53-69(77)86-59-68(95-70(78)54-44-30-28-26-24-22-20-18-16-14-12-10-8-2)60-94-99(79,85-6)96-74-71(87-61-82-3)72(88-62-83-4)75(97-100(80,90-55-64-45-35-31-36-46-64)91-56-65-47-37-32-38-48-65)76(73(74)89-63-84-5)98-101(81,92-57-66-49-39-33-40-50-66)93-58-67-51-41-34-42-52-67/h31-42,45-52,68,71-76H,7-30,43-44,53-63H2,1-6H3/t68-,71-,72+,73+,74-,75-,76-,99?/m1/s1. The first kappa shape index (κ1) is 87.5. The number of methoxy groups -OCH3 is 3. The van der Waals surface area contributed by atoms with Gasteiger partial charge >= 0.3 is 35.4 Å². The third kappa shape index (κ3) is 37.1. The summed E-state index contributed by atoms with van der Waals surface area (Å²) in [5.41, 5.74) is 2.35. The largest absolute Gasteiger partial charge is 0.475 e. The molecule has 0 heterocycles. The molecule has 22 nitrogen and oxygen atoms in total. The highest BCUT2D eigenvalue weighted by Crippen LogP contribution is 2.60. The van der Waals surface area contributed by atoms with Crippen molar-refractivity contribution >= 4 is 35.4 Å². The van der Waals surface area contributed by atoms with Gasteiger partial charge in [0.25, 0.3) is 0 Å². The maximum absolute atomic E-state index is 15.9. The second-order valence-electron chi connectivity index (χ2n) is 25.5. The molecule has 1 aliphatic carbocycles. The summed E-state index contributed by atoms with van der Waals surface area (Å²) in [5, 5.41) is 0. The topological polar surface area (TPSA) is 242 Å². The molecule has 0 spiro atoms. The summed E-state index contributed by atoms with van der Waals surface area (Å²) in [6.45, 7) is 0.533. The van der Waals surface area contributed by atoms with Crippen LogP contribution >= 0.6 is 23.5 Å². The van der Waals surface area contributed by atoms with Crippen LogP contribution in [0.15, 0.2) is 121 Å². The minimum atomic E-state index is -5.03. The molecule has 0 N–H and O–H groups in total. The average Bonchev–Trinajstić information content (AvgIpc) is 0.749. The Hall–Kier alpha value is -4.09. The number of carbonyl (C=O) groups excluding carboxylic acids is 2. The van der Waals surface area contributed by atoms with Crippen LogP contribution in [0.4, 0.5) is 0 Å². The number of hydrogen-bond acceptors (Lipinski definition) is 22. The van der Waals surface area contributed by atoms with Gasteiger partial charge in [0.05, 0.1) is 33.0 Å². The van der Waals surface area contributed by atoms with Crippen LogP contribution in [0.1, 0.15) is 216 Å². The van der Waals surface area contributed by atoms with E-state index < -0.39 is 112 Å². The SMILES string of the molecule is CCCCCCCCCCCCCCCC(=O)OC[C@H](COP(=O)(OC)O[C@@H]1[C@H](OCOC)[C@H](OCOC)[C@@H](OP(=O)(OCc2ccccc2)OCc2ccccc2)[C@H](OP(=O)(OCc2ccccc2)OCc2ccccc2)[C@H]1OCOC)OC(=O)CCCCCCCCCCCCCCC. The first-order valence-corrected chi connectivity index (χ1v) is 41.1. The Morgan fingerprint density at radius 3 is 0.921 bits per heavy atom. The maximum atomic E-state index is 15.9. The Morgan fingerprint density at radius 2 is 0.614 bits per heavy atom. The van der Waals surface area contributed by atoms with Gasteiger partial charge in [-0.15, -0.1) is 0 Å². The molecule has 8 atom stereocenters. The third-order valence-electron chi connectivity index (χ3n) is 17.1. The number of ether oxygens (including phenoxy) is 8. The zero-order valence-electron chi connectivity index (χ0n) is 61.1. The molecule has 1 unspecified atom stereocenters. The van der Waals surface area contributed by atoms with Crippen molar-refractivity contribution in [1.29, 1.82) is 0 Å². The molecule has 570 valence electrons. The summed E-state index contributed by atoms with van der Waals surface area (Å²) < 4.78 is 151. The Bertz CT molecular complexity index is 2770. The molecule has 0 radical (unpaired) electrons. The number of benzene rings is 4. The number of rotatable bonds is 62. The van der Waals surface area contributed by atoms with Gasteiger partial charge in [0.2, 0.25) is 0 Å². The minimum Gasteiger partial charge on any atom is -0.462 e. The van der Waals surface area contributed by atoms with Crippen molar-refractivity contribution < 1.29 is 102 Å². The molecule has 0 saturated heterocycles. The second-order valence-corrected chi connectivity index (χ2v) is 30.4. The normalized spacial score (nSPS) is 18.1. The minimum absolute atomic E-state index is 0.0711. The molecule has 0 aliphatic heterocycles. The molecular weight excluding hydrogens is 1360 g/mol. The molecule has 0 bridgehead atoms. The molecule has 1 aliphatic rings. The third-order valence-corrected chi connectivity index (χ3v) is 21.3. The lowest BCUT2D eigenvalue weighted by molar-refractivity contribution is -0.279. The van der Waals surface area contributed by atoms with Crippen molar-refractivity contribution in [3.63, 3.8) is 0 Å². The first-order chi connectivity index (χ1) is 49.3. The highest BCUT2D eigenvalue weighted by molar-refractivity contribution is 7.49. The molecule has 101 heavy (non-hydrogen) atoms. The molecule has 1 fully saturated rings. The Kier molecular flexibility index (Phi) is 46.5. The van der Waals surface area contributed by atoms with Crippen LogP contribution in [0.3, 0.4) is 0 Å². The van der Waals surface area contributed by atoms with Crippen LogP contribution in [-0.2, 0) is 128 Å². The highest BCUT2D eigenvalue weighted by Gasteiger charge is 2.61. The zero-order chi connectivity index (χ0) is 72.3. The van der Waals surface area contributed by atoms with E-state index in [1.54, 1.807) is 109 Å². The Morgan fingerprint density at radius 1 is 0.337 bits per heavy atom.